The Labute approximate surface area is 195 Å². The molecule has 2 aliphatic rings. The Morgan fingerprint density at radius 2 is 1.94 bits per heavy atom. The molecule has 1 amide bonds. The number of benzene rings is 2. The van der Waals surface area contributed by atoms with Crippen LogP contribution in [0.25, 0.3) is 10.9 Å². The molecular weight excluding hydrogens is 472 g/mol. The summed E-state index contributed by atoms with van der Waals surface area (Å²) in [5.41, 5.74) is 3.49. The zero-order valence-corrected chi connectivity index (χ0v) is 19.5. The fourth-order valence-electron chi connectivity index (χ4n) is 4.73. The lowest BCUT2D eigenvalue weighted by Gasteiger charge is -2.29. The minimum absolute atomic E-state index is 0.0895. The predicted molar refractivity (Wildman–Crippen MR) is 126 cm³/mol. The number of carbonyl (C=O) groups excluding carboxylic acids is 1. The largest absolute Gasteiger partial charge is 0.495 e. The number of rotatable bonds is 4. The second kappa shape index (κ2) is 9.08. The van der Waals surface area contributed by atoms with Crippen LogP contribution in [0.15, 0.2) is 47.1 Å². The van der Waals surface area contributed by atoms with Gasteiger partial charge < -0.3 is 19.5 Å². The van der Waals surface area contributed by atoms with Gasteiger partial charge in [0.1, 0.15) is 11.5 Å². The standard InChI is InChI=1S/C25H25BrN2O4/c1-30-21-7-6-17-22(15-8-11-31-12-9-15)18(14-27-24(17)23(21)26)25(29)28-19-10-13-32-20-5-3-2-4-16(19)20/h2-7,14-15,19H,8-13H2,1H3,(H,28,29)/t19-/m0/s1. The monoisotopic (exact) mass is 496 g/mol. The summed E-state index contributed by atoms with van der Waals surface area (Å²) in [5.74, 6) is 1.69. The van der Waals surface area contributed by atoms with Crippen molar-refractivity contribution in [1.82, 2.24) is 10.3 Å². The van der Waals surface area contributed by atoms with Crippen LogP contribution in [0.1, 0.15) is 52.7 Å². The highest BCUT2D eigenvalue weighted by Gasteiger charge is 2.28. The first kappa shape index (κ1) is 21.2. The maximum atomic E-state index is 13.6. The number of aromatic nitrogens is 1. The molecule has 0 aliphatic carbocycles. The first-order valence-corrected chi connectivity index (χ1v) is 11.7. The lowest BCUT2D eigenvalue weighted by Crippen LogP contribution is -2.33. The number of halogens is 1. The number of carbonyl (C=O) groups is 1. The van der Waals surface area contributed by atoms with Crippen LogP contribution in [0, 0.1) is 0 Å². The van der Waals surface area contributed by atoms with Crippen LogP contribution in [-0.2, 0) is 4.74 Å². The van der Waals surface area contributed by atoms with Crippen molar-refractivity contribution in [1.29, 1.82) is 0 Å². The van der Waals surface area contributed by atoms with E-state index in [-0.39, 0.29) is 17.9 Å². The molecule has 0 radical (unpaired) electrons. The number of hydrogen-bond acceptors (Lipinski definition) is 5. The van der Waals surface area contributed by atoms with Crippen LogP contribution < -0.4 is 14.8 Å². The van der Waals surface area contributed by atoms with Crippen molar-refractivity contribution in [3.63, 3.8) is 0 Å². The van der Waals surface area contributed by atoms with Crippen molar-refractivity contribution >= 4 is 32.7 Å². The van der Waals surface area contributed by atoms with Crippen LogP contribution in [0.4, 0.5) is 0 Å². The normalized spacial score (nSPS) is 18.6. The predicted octanol–water partition coefficient (Wildman–Crippen LogP) is 5.15. The van der Waals surface area contributed by atoms with Crippen LogP contribution in [0.2, 0.25) is 0 Å². The van der Waals surface area contributed by atoms with E-state index in [2.05, 4.69) is 26.2 Å². The molecular formula is C25H25BrN2O4. The number of fused-ring (bicyclic) bond motifs is 2. The molecule has 1 aromatic heterocycles. The number of pyridine rings is 1. The first-order valence-electron chi connectivity index (χ1n) is 10.9. The summed E-state index contributed by atoms with van der Waals surface area (Å²) in [5, 5.41) is 4.22. The molecule has 6 nitrogen and oxygen atoms in total. The Morgan fingerprint density at radius 3 is 2.75 bits per heavy atom. The SMILES string of the molecule is COc1ccc2c(C3CCOCC3)c(C(=O)N[C@H]3CCOc4ccccc43)cnc2c1Br. The van der Waals surface area contributed by atoms with Gasteiger partial charge in [-0.1, -0.05) is 18.2 Å². The fraction of sp³-hybridized carbons (Fsp3) is 0.360. The van der Waals surface area contributed by atoms with Gasteiger partial charge in [0, 0.05) is 36.8 Å². The summed E-state index contributed by atoms with van der Waals surface area (Å²) in [4.78, 5) is 18.2. The van der Waals surface area contributed by atoms with E-state index in [1.54, 1.807) is 13.3 Å². The number of amides is 1. The molecule has 2 aliphatic heterocycles. The lowest BCUT2D eigenvalue weighted by molar-refractivity contribution is 0.0840. The third-order valence-electron chi connectivity index (χ3n) is 6.34. The molecule has 0 unspecified atom stereocenters. The average Bonchev–Trinajstić information content (AvgIpc) is 2.84. The molecule has 1 atom stereocenters. The molecule has 32 heavy (non-hydrogen) atoms. The number of hydrogen-bond donors (Lipinski definition) is 1. The lowest BCUT2D eigenvalue weighted by atomic mass is 9.85. The van der Waals surface area contributed by atoms with Crippen molar-refractivity contribution in [2.24, 2.45) is 0 Å². The van der Waals surface area contributed by atoms with Crippen molar-refractivity contribution in [3.05, 3.63) is 63.8 Å². The Balaban J connectivity index is 1.56. The number of methoxy groups -OCH3 is 1. The molecule has 0 bridgehead atoms. The van der Waals surface area contributed by atoms with Crippen molar-refractivity contribution in [2.75, 3.05) is 26.9 Å². The molecule has 0 saturated carbocycles. The summed E-state index contributed by atoms with van der Waals surface area (Å²) in [6.07, 6.45) is 4.20. The Hall–Kier alpha value is -2.64. The van der Waals surface area contributed by atoms with Crippen LogP contribution >= 0.6 is 15.9 Å². The van der Waals surface area contributed by atoms with Gasteiger partial charge in [0.05, 0.1) is 35.3 Å². The number of ether oxygens (including phenoxy) is 3. The van der Waals surface area contributed by atoms with Crippen LogP contribution in [0.5, 0.6) is 11.5 Å². The molecule has 1 fully saturated rings. The second-order valence-electron chi connectivity index (χ2n) is 8.15. The van der Waals surface area contributed by atoms with E-state index >= 15 is 0 Å². The van der Waals surface area contributed by atoms with Gasteiger partial charge in [0.25, 0.3) is 5.91 Å². The first-order chi connectivity index (χ1) is 15.7. The van der Waals surface area contributed by atoms with Gasteiger partial charge in [-0.15, -0.1) is 0 Å². The van der Waals surface area contributed by atoms with Gasteiger partial charge in [-0.2, -0.15) is 0 Å². The summed E-state index contributed by atoms with van der Waals surface area (Å²) in [6, 6.07) is 11.7. The van der Waals surface area contributed by atoms with E-state index in [1.807, 2.05) is 36.4 Å². The molecule has 1 saturated heterocycles. The molecule has 3 heterocycles. The van der Waals surface area contributed by atoms with E-state index in [9.17, 15) is 4.79 Å². The highest BCUT2D eigenvalue weighted by atomic mass is 79.9. The van der Waals surface area contributed by atoms with E-state index in [0.717, 1.165) is 57.3 Å². The van der Waals surface area contributed by atoms with Crippen molar-refractivity contribution < 1.29 is 19.0 Å². The molecule has 0 spiro atoms. The Morgan fingerprint density at radius 1 is 1.12 bits per heavy atom. The molecule has 7 heteroatoms. The molecule has 166 valence electrons. The topological polar surface area (TPSA) is 69.7 Å². The Bertz CT molecular complexity index is 1160. The number of nitrogens with one attached hydrogen (secondary N) is 1. The second-order valence-corrected chi connectivity index (χ2v) is 8.94. The summed E-state index contributed by atoms with van der Waals surface area (Å²) in [6.45, 7) is 1.97. The Kier molecular flexibility index (Phi) is 6.02. The quantitative estimate of drug-likeness (QED) is 0.540. The summed E-state index contributed by atoms with van der Waals surface area (Å²) >= 11 is 3.63. The smallest absolute Gasteiger partial charge is 0.253 e. The summed E-state index contributed by atoms with van der Waals surface area (Å²) < 4.78 is 17.6. The van der Waals surface area contributed by atoms with Crippen LogP contribution in [0.3, 0.4) is 0 Å². The van der Waals surface area contributed by atoms with E-state index in [0.29, 0.717) is 25.4 Å². The highest BCUT2D eigenvalue weighted by molar-refractivity contribution is 9.10. The summed E-state index contributed by atoms with van der Waals surface area (Å²) in [7, 11) is 1.64. The van der Waals surface area contributed by atoms with Gasteiger partial charge in [-0.25, -0.2) is 0 Å². The highest BCUT2D eigenvalue weighted by Crippen LogP contribution is 2.40. The zero-order chi connectivity index (χ0) is 22.1. The molecule has 2 aromatic carbocycles. The maximum Gasteiger partial charge on any atom is 0.253 e. The van der Waals surface area contributed by atoms with Crippen molar-refractivity contribution in [3.8, 4) is 11.5 Å². The van der Waals surface area contributed by atoms with E-state index < -0.39 is 0 Å². The van der Waals surface area contributed by atoms with Gasteiger partial charge >= 0.3 is 0 Å². The number of nitrogens with zero attached hydrogens (tertiary/aromatic N) is 1. The number of para-hydroxylation sites is 1. The molecule has 3 aromatic rings. The van der Waals surface area contributed by atoms with Crippen LogP contribution in [-0.4, -0.2) is 37.8 Å². The maximum absolute atomic E-state index is 13.6. The minimum atomic E-state index is -0.102. The fourth-order valence-corrected chi connectivity index (χ4v) is 5.34. The average molecular weight is 497 g/mol. The van der Waals surface area contributed by atoms with Gasteiger partial charge in [0.15, 0.2) is 0 Å². The zero-order valence-electron chi connectivity index (χ0n) is 17.9. The molecule has 1 N–H and O–H groups in total. The molecule has 5 rings (SSSR count). The van der Waals surface area contributed by atoms with Gasteiger partial charge in [-0.05, 0) is 58.5 Å². The van der Waals surface area contributed by atoms with Gasteiger partial charge in [-0.3, -0.25) is 9.78 Å². The third kappa shape index (κ3) is 3.84. The third-order valence-corrected chi connectivity index (χ3v) is 7.11. The van der Waals surface area contributed by atoms with Gasteiger partial charge in [0.2, 0.25) is 0 Å². The van der Waals surface area contributed by atoms with E-state index in [1.165, 1.54) is 0 Å². The van der Waals surface area contributed by atoms with E-state index in [4.69, 9.17) is 14.2 Å². The van der Waals surface area contributed by atoms with Crippen molar-refractivity contribution in [2.45, 2.75) is 31.2 Å². The minimum Gasteiger partial charge on any atom is -0.495 e.